The van der Waals surface area contributed by atoms with Gasteiger partial charge in [-0.25, -0.2) is 9.97 Å². The molecule has 0 aliphatic heterocycles. The van der Waals surface area contributed by atoms with Crippen molar-refractivity contribution in [3.05, 3.63) is 151 Å². The summed E-state index contributed by atoms with van der Waals surface area (Å²) in [6.07, 6.45) is 1.15. The third kappa shape index (κ3) is 3.90. The first-order chi connectivity index (χ1) is 34.5. The molecule has 0 aliphatic rings. The van der Waals surface area contributed by atoms with E-state index in [0.717, 1.165) is 29.0 Å². The summed E-state index contributed by atoms with van der Waals surface area (Å²) in [5.74, 6) is 0. The van der Waals surface area contributed by atoms with Crippen LogP contribution in [-0.2, 0) is 0 Å². The van der Waals surface area contributed by atoms with Gasteiger partial charge in [-0.15, -0.1) is 22.7 Å². The maximum atomic E-state index is 9.67. The molecule has 0 spiro atoms. The summed E-state index contributed by atoms with van der Waals surface area (Å²) in [6, 6.07) is -6.97. The zero-order chi connectivity index (χ0) is 52.2. The molecule has 0 radical (unpaired) electrons. The summed E-state index contributed by atoms with van der Waals surface area (Å²) < 4.78 is 194. The molecule has 12 aromatic rings. The Morgan fingerprint density at radius 3 is 2.33 bits per heavy atom. The molecule has 0 fully saturated rings. The van der Waals surface area contributed by atoms with Gasteiger partial charge in [0.15, 0.2) is 0 Å². The fourth-order valence-corrected chi connectivity index (χ4v) is 9.01. The van der Waals surface area contributed by atoms with Crippen LogP contribution in [0.4, 0.5) is 0 Å². The van der Waals surface area contributed by atoms with E-state index in [1.807, 2.05) is 0 Å². The molecule has 0 saturated carbocycles. The Labute approximate surface area is 333 Å². The fourth-order valence-electron chi connectivity index (χ4n) is 6.80. The third-order valence-corrected chi connectivity index (χ3v) is 11.3. The number of rotatable bonds is 3. The highest BCUT2D eigenvalue weighted by Crippen LogP contribution is 2.44. The molecule has 0 atom stereocenters. The SMILES string of the molecule is [2H]c1c([2H])c(-c2ncnc3c2sc2ccc(-n4c5c([2H])c([2H])c([2H])c([2H])c5c5c6oc7c([2H])c([2H])c([2H])c([2H])c7c6c([2H])c([2H])c54)cc23)c([2H])c(-c2c([2H])c([2H])c([2H])c3c2sc2c([2H])c([2H])c([2H])c([2H])c23)c1[2H]. The second kappa shape index (κ2) is 10.6. The minimum Gasteiger partial charge on any atom is -0.455 e. The summed E-state index contributed by atoms with van der Waals surface area (Å²) in [5, 5.41) is -0.231. The summed E-state index contributed by atoms with van der Waals surface area (Å²) >= 11 is 1.92. The van der Waals surface area contributed by atoms with Crippen LogP contribution in [0.25, 0.3) is 112 Å². The van der Waals surface area contributed by atoms with Crippen LogP contribution in [0.1, 0.15) is 28.8 Å². The van der Waals surface area contributed by atoms with Crippen molar-refractivity contribution in [1.29, 1.82) is 0 Å². The minimum absolute atomic E-state index is 0.0101. The average Bonchev–Trinajstić information content (AvgIpc) is 4.18. The van der Waals surface area contributed by atoms with Crippen molar-refractivity contribution in [2.45, 2.75) is 0 Å². The predicted molar refractivity (Wildman–Crippen MR) is 220 cm³/mol. The van der Waals surface area contributed by atoms with Gasteiger partial charge in [-0.1, -0.05) is 90.6 Å². The van der Waals surface area contributed by atoms with Crippen LogP contribution >= 0.6 is 22.7 Å². The first-order valence-electron chi connectivity index (χ1n) is 26.1. The van der Waals surface area contributed by atoms with Gasteiger partial charge in [-0.3, -0.25) is 0 Å². The highest BCUT2D eigenvalue weighted by Gasteiger charge is 2.20. The molecule has 0 N–H and O–H groups in total. The van der Waals surface area contributed by atoms with Crippen molar-refractivity contribution >= 4 is 107 Å². The van der Waals surface area contributed by atoms with E-state index < -0.39 is 127 Å². The van der Waals surface area contributed by atoms with E-state index in [-0.39, 0.29) is 102 Å². The van der Waals surface area contributed by atoms with E-state index in [4.69, 9.17) is 27.7 Å². The number of aromatic nitrogens is 3. The average molecular weight is 721 g/mol. The van der Waals surface area contributed by atoms with Crippen molar-refractivity contribution in [3.63, 3.8) is 0 Å². The van der Waals surface area contributed by atoms with Crippen molar-refractivity contribution in [3.8, 4) is 28.1 Å². The molecular formula is C46H25N3OS2. The molecule has 52 heavy (non-hydrogen) atoms. The van der Waals surface area contributed by atoms with Gasteiger partial charge >= 0.3 is 0 Å². The summed E-state index contributed by atoms with van der Waals surface area (Å²) in [5.41, 5.74) is -1.17. The van der Waals surface area contributed by atoms with E-state index in [1.165, 1.54) is 4.57 Å². The monoisotopic (exact) mass is 720 g/mol. The smallest absolute Gasteiger partial charge is 0.145 e. The number of nitrogens with zero attached hydrogens (tertiary/aromatic N) is 3. The molecule has 12 rings (SSSR count). The lowest BCUT2D eigenvalue weighted by molar-refractivity contribution is 0.673. The van der Waals surface area contributed by atoms with Gasteiger partial charge in [0.2, 0.25) is 0 Å². The number of fused-ring (bicyclic) bond motifs is 13. The number of para-hydroxylation sites is 2. The summed E-state index contributed by atoms with van der Waals surface area (Å²) in [4.78, 5) is 9.07. The fraction of sp³-hybridized carbons (Fsp3) is 0. The molecule has 4 nitrogen and oxygen atoms in total. The highest BCUT2D eigenvalue weighted by atomic mass is 32.1. The number of benzene rings is 7. The topological polar surface area (TPSA) is 43.9 Å². The second-order valence-electron chi connectivity index (χ2n) is 11.7. The van der Waals surface area contributed by atoms with Crippen molar-refractivity contribution < 1.29 is 33.2 Å². The molecule has 0 saturated heterocycles. The third-order valence-electron chi connectivity index (χ3n) is 9.01. The largest absolute Gasteiger partial charge is 0.455 e. The molecule has 0 bridgehead atoms. The lowest BCUT2D eigenvalue weighted by Crippen LogP contribution is -1.93. The quantitative estimate of drug-likeness (QED) is 0.182. The first-order valence-corrected chi connectivity index (χ1v) is 17.2. The van der Waals surface area contributed by atoms with Crippen molar-refractivity contribution in [2.24, 2.45) is 0 Å². The Kier molecular flexibility index (Phi) is 3.08. The molecule has 6 heteroatoms. The maximum absolute atomic E-state index is 9.67. The predicted octanol–water partition coefficient (Wildman–Crippen LogP) is 13.5. The van der Waals surface area contributed by atoms with Gasteiger partial charge < -0.3 is 8.98 Å². The van der Waals surface area contributed by atoms with Crippen molar-refractivity contribution in [1.82, 2.24) is 14.5 Å². The molecule has 0 aliphatic carbocycles. The molecular weight excluding hydrogens is 675 g/mol. The molecule has 7 aromatic carbocycles. The van der Waals surface area contributed by atoms with Gasteiger partial charge in [-0.2, -0.15) is 0 Å². The van der Waals surface area contributed by atoms with Gasteiger partial charge in [0, 0.05) is 57.7 Å². The molecule has 5 aromatic heterocycles. The van der Waals surface area contributed by atoms with E-state index in [9.17, 15) is 5.48 Å². The Morgan fingerprint density at radius 2 is 1.37 bits per heavy atom. The van der Waals surface area contributed by atoms with Crippen LogP contribution < -0.4 is 0 Å². The van der Waals surface area contributed by atoms with Crippen LogP contribution in [0.5, 0.6) is 0 Å². The molecule has 0 unspecified atom stereocenters. The zero-order valence-corrected chi connectivity index (χ0v) is 27.5. The van der Waals surface area contributed by atoms with Gasteiger partial charge in [0.25, 0.3) is 0 Å². The van der Waals surface area contributed by atoms with E-state index in [0.29, 0.717) is 10.1 Å². The minimum atomic E-state index is -0.678. The second-order valence-corrected chi connectivity index (χ2v) is 13.8. The lowest BCUT2D eigenvalue weighted by atomic mass is 9.99. The van der Waals surface area contributed by atoms with Gasteiger partial charge in [0.1, 0.15) is 17.5 Å². The number of hydrogen-bond acceptors (Lipinski definition) is 5. The molecule has 242 valence electrons. The van der Waals surface area contributed by atoms with E-state index in [2.05, 4.69) is 9.97 Å². The van der Waals surface area contributed by atoms with Crippen LogP contribution in [-0.4, -0.2) is 14.5 Å². The normalized spacial score (nSPS) is 17.9. The van der Waals surface area contributed by atoms with Crippen LogP contribution in [0.2, 0.25) is 0 Å². The van der Waals surface area contributed by atoms with E-state index in [1.54, 1.807) is 18.2 Å². The van der Waals surface area contributed by atoms with Gasteiger partial charge in [0.05, 0.1) is 61.1 Å². The number of furan rings is 1. The van der Waals surface area contributed by atoms with E-state index >= 15 is 0 Å². The zero-order valence-electron chi connectivity index (χ0n) is 46.9. The summed E-state index contributed by atoms with van der Waals surface area (Å²) in [7, 11) is 0. The Bertz CT molecular complexity index is 4650. The van der Waals surface area contributed by atoms with Crippen LogP contribution in [0, 0.1) is 0 Å². The Hall–Kier alpha value is -6.34. The molecule has 5 heterocycles. The van der Waals surface area contributed by atoms with Gasteiger partial charge in [-0.05, 0) is 65.6 Å². The van der Waals surface area contributed by atoms with Crippen LogP contribution in [0.15, 0.2) is 156 Å². The first kappa shape index (κ1) is 15.1. The maximum Gasteiger partial charge on any atom is 0.145 e. The number of hydrogen-bond donors (Lipinski definition) is 0. The molecule has 0 amide bonds. The Morgan fingerprint density at radius 1 is 0.577 bits per heavy atom. The summed E-state index contributed by atoms with van der Waals surface area (Å²) in [6.45, 7) is 0. The highest BCUT2D eigenvalue weighted by molar-refractivity contribution is 7.26. The standard InChI is InChI=1S/C46H25N3OS2/c1-4-16-36-34(13-1)41-37(21-20-32-30-11-2-5-17-38(30)50-44(32)41)49(36)28-19-22-40-35(24-28)43-46(52-40)42(47-25-48-43)27-10-7-9-26(23-27)29-14-8-15-33-31-12-3-6-18-39(31)51-45(29)33/h1-25H/i1D,2D,3D,4D,5D,6D,7D,8D,9D,10D,11D,12D,13D,14D,15D,16D,17D,18D,20D,21D,23D. The van der Waals surface area contributed by atoms with Crippen molar-refractivity contribution in [2.75, 3.05) is 0 Å². The van der Waals surface area contributed by atoms with Crippen LogP contribution in [0.3, 0.4) is 0 Å². The Balaban J connectivity index is 1.14. The number of thiophene rings is 2. The lowest BCUT2D eigenvalue weighted by Gasteiger charge is -2.08.